The first-order valence-corrected chi connectivity index (χ1v) is 10.5. The van der Waals surface area contributed by atoms with Gasteiger partial charge in [-0.3, -0.25) is 4.90 Å². The molecule has 1 saturated heterocycles. The lowest BCUT2D eigenvalue weighted by Crippen LogP contribution is -2.49. The molecule has 1 N–H and O–H groups in total. The molecule has 0 amide bonds. The molecule has 28 heavy (non-hydrogen) atoms. The van der Waals surface area contributed by atoms with Gasteiger partial charge in [-0.2, -0.15) is 0 Å². The van der Waals surface area contributed by atoms with Crippen molar-refractivity contribution in [3.05, 3.63) is 64.7 Å². The summed E-state index contributed by atoms with van der Waals surface area (Å²) in [5, 5.41) is 11.2. The van der Waals surface area contributed by atoms with Crippen LogP contribution in [0.3, 0.4) is 0 Å². The van der Waals surface area contributed by atoms with Gasteiger partial charge in [-0.15, -0.1) is 0 Å². The zero-order valence-corrected chi connectivity index (χ0v) is 17.6. The number of hydrogen-bond acceptors (Lipinski definition) is 4. The van der Waals surface area contributed by atoms with Gasteiger partial charge in [0.2, 0.25) is 0 Å². The zero-order chi connectivity index (χ0) is 19.9. The fraction of sp³-hybridized carbons (Fsp3) is 0.478. The third-order valence-corrected chi connectivity index (χ3v) is 5.62. The molecular weight excluding hydrogens is 372 g/mol. The average molecular weight is 403 g/mol. The number of piperazine rings is 1. The van der Waals surface area contributed by atoms with Crippen LogP contribution < -0.4 is 4.90 Å². The van der Waals surface area contributed by atoms with Crippen molar-refractivity contribution < 1.29 is 9.84 Å². The van der Waals surface area contributed by atoms with Gasteiger partial charge in [0.25, 0.3) is 0 Å². The second-order valence-corrected chi connectivity index (χ2v) is 7.95. The van der Waals surface area contributed by atoms with E-state index in [9.17, 15) is 5.11 Å². The van der Waals surface area contributed by atoms with Gasteiger partial charge in [0, 0.05) is 43.4 Å². The van der Waals surface area contributed by atoms with Gasteiger partial charge in [0.1, 0.15) is 0 Å². The molecule has 3 rings (SSSR count). The summed E-state index contributed by atoms with van der Waals surface area (Å²) in [7, 11) is 0. The normalized spacial score (nSPS) is 17.5. The van der Waals surface area contributed by atoms with E-state index in [1.807, 2.05) is 30.3 Å². The van der Waals surface area contributed by atoms with Crippen LogP contribution in [-0.4, -0.2) is 55.4 Å². The van der Waals surface area contributed by atoms with Crippen LogP contribution in [0.2, 0.25) is 5.02 Å². The lowest BCUT2D eigenvalue weighted by Gasteiger charge is -2.37. The van der Waals surface area contributed by atoms with E-state index >= 15 is 0 Å². The Morgan fingerprint density at radius 2 is 1.79 bits per heavy atom. The highest BCUT2D eigenvalue weighted by atomic mass is 35.5. The largest absolute Gasteiger partial charge is 0.389 e. The summed E-state index contributed by atoms with van der Waals surface area (Å²) in [6.45, 7) is 8.98. The molecule has 0 unspecified atom stereocenters. The smallest absolute Gasteiger partial charge is 0.0900 e. The number of aliphatic hydroxyl groups excluding tert-OH is 1. The number of β-amino-alcohol motifs (C(OH)–C–C–N with tert-alkyl or cyclic N) is 1. The van der Waals surface area contributed by atoms with Gasteiger partial charge in [0.05, 0.1) is 18.8 Å². The molecule has 2 atom stereocenters. The quantitative estimate of drug-likeness (QED) is 0.714. The van der Waals surface area contributed by atoms with Crippen molar-refractivity contribution >= 4 is 17.3 Å². The Kier molecular flexibility index (Phi) is 7.74. The van der Waals surface area contributed by atoms with Crippen molar-refractivity contribution in [2.24, 2.45) is 0 Å². The summed E-state index contributed by atoms with van der Waals surface area (Å²) < 4.78 is 6.00. The molecule has 0 radical (unpaired) electrons. The molecule has 1 fully saturated rings. The third kappa shape index (κ3) is 5.71. The number of aliphatic hydroxyl groups is 1. The van der Waals surface area contributed by atoms with E-state index in [1.165, 1.54) is 16.8 Å². The van der Waals surface area contributed by atoms with Crippen LogP contribution in [0.25, 0.3) is 0 Å². The molecule has 0 aliphatic carbocycles. The maximum Gasteiger partial charge on any atom is 0.0900 e. The molecule has 0 spiro atoms. The monoisotopic (exact) mass is 402 g/mol. The number of ether oxygens (including phenoxy) is 1. The zero-order valence-electron chi connectivity index (χ0n) is 16.9. The number of hydrogen-bond donors (Lipinski definition) is 1. The predicted molar refractivity (Wildman–Crippen MR) is 116 cm³/mol. The van der Waals surface area contributed by atoms with Crippen LogP contribution in [0, 0.1) is 6.92 Å². The van der Waals surface area contributed by atoms with Crippen LogP contribution in [0.4, 0.5) is 5.69 Å². The molecule has 0 aromatic heterocycles. The highest BCUT2D eigenvalue weighted by Gasteiger charge is 2.21. The van der Waals surface area contributed by atoms with Crippen LogP contribution in [-0.2, 0) is 4.74 Å². The topological polar surface area (TPSA) is 35.9 Å². The van der Waals surface area contributed by atoms with Gasteiger partial charge >= 0.3 is 0 Å². The van der Waals surface area contributed by atoms with Crippen molar-refractivity contribution in [1.82, 2.24) is 4.90 Å². The maximum atomic E-state index is 10.5. The number of nitrogens with zero attached hydrogens (tertiary/aromatic N) is 2. The molecule has 152 valence electrons. The van der Waals surface area contributed by atoms with E-state index in [0.29, 0.717) is 13.2 Å². The fourth-order valence-electron chi connectivity index (χ4n) is 3.79. The number of aryl methyl sites for hydroxylation is 1. The number of anilines is 1. The average Bonchev–Trinajstić information content (AvgIpc) is 2.72. The SMILES string of the molecule is CC[C@H](OC[C@@H](O)CN1CCN(c2cc(Cl)ccc2C)CC1)c1ccccc1. The summed E-state index contributed by atoms with van der Waals surface area (Å²) >= 11 is 6.17. The molecule has 5 heteroatoms. The highest BCUT2D eigenvalue weighted by molar-refractivity contribution is 6.30. The maximum absolute atomic E-state index is 10.5. The molecule has 1 heterocycles. The minimum Gasteiger partial charge on any atom is -0.389 e. The molecule has 1 aliphatic heterocycles. The van der Waals surface area contributed by atoms with E-state index in [2.05, 4.69) is 41.8 Å². The van der Waals surface area contributed by atoms with Crippen molar-refractivity contribution in [1.29, 1.82) is 0 Å². The molecule has 0 saturated carbocycles. The Morgan fingerprint density at radius 3 is 2.46 bits per heavy atom. The molecule has 4 nitrogen and oxygen atoms in total. The molecule has 0 bridgehead atoms. The van der Waals surface area contributed by atoms with Crippen LogP contribution in [0.1, 0.15) is 30.6 Å². The van der Waals surface area contributed by atoms with Gasteiger partial charge in [-0.05, 0) is 36.6 Å². The number of rotatable bonds is 8. The molecule has 1 aliphatic rings. The Bertz CT molecular complexity index is 733. The minimum atomic E-state index is -0.475. The van der Waals surface area contributed by atoms with Crippen LogP contribution in [0.15, 0.2) is 48.5 Å². The predicted octanol–water partition coefficient (Wildman–Crippen LogP) is 4.30. The lowest BCUT2D eigenvalue weighted by atomic mass is 10.1. The van der Waals surface area contributed by atoms with E-state index in [-0.39, 0.29) is 6.10 Å². The fourth-order valence-corrected chi connectivity index (χ4v) is 3.96. The second kappa shape index (κ2) is 10.3. The van der Waals surface area contributed by atoms with Gasteiger partial charge in [0.15, 0.2) is 0 Å². The van der Waals surface area contributed by atoms with Crippen molar-refractivity contribution in [2.75, 3.05) is 44.2 Å². The summed E-state index contributed by atoms with van der Waals surface area (Å²) in [5.74, 6) is 0. The van der Waals surface area contributed by atoms with Gasteiger partial charge in [-0.1, -0.05) is 54.9 Å². The summed E-state index contributed by atoms with van der Waals surface area (Å²) in [5.41, 5.74) is 3.63. The Labute approximate surface area is 173 Å². The summed E-state index contributed by atoms with van der Waals surface area (Å²) in [4.78, 5) is 4.69. The summed E-state index contributed by atoms with van der Waals surface area (Å²) in [6, 6.07) is 16.3. The van der Waals surface area contributed by atoms with Gasteiger partial charge < -0.3 is 14.7 Å². The van der Waals surface area contributed by atoms with Crippen LogP contribution >= 0.6 is 11.6 Å². The van der Waals surface area contributed by atoms with Crippen molar-refractivity contribution in [3.63, 3.8) is 0 Å². The first-order valence-electron chi connectivity index (χ1n) is 10.1. The highest BCUT2D eigenvalue weighted by Crippen LogP contribution is 2.25. The third-order valence-electron chi connectivity index (χ3n) is 5.39. The molecular formula is C23H31ClN2O2. The molecule has 2 aromatic rings. The lowest BCUT2D eigenvalue weighted by molar-refractivity contribution is -0.0240. The second-order valence-electron chi connectivity index (χ2n) is 7.51. The van der Waals surface area contributed by atoms with Crippen molar-refractivity contribution in [3.8, 4) is 0 Å². The van der Waals surface area contributed by atoms with E-state index in [1.54, 1.807) is 0 Å². The number of benzene rings is 2. The van der Waals surface area contributed by atoms with E-state index in [4.69, 9.17) is 16.3 Å². The van der Waals surface area contributed by atoms with Crippen LogP contribution in [0.5, 0.6) is 0 Å². The Morgan fingerprint density at radius 1 is 1.07 bits per heavy atom. The van der Waals surface area contributed by atoms with Gasteiger partial charge in [-0.25, -0.2) is 0 Å². The minimum absolute atomic E-state index is 0.0403. The first kappa shape index (κ1) is 21.1. The standard InChI is InChI=1S/C23H31ClN2O2/c1-3-23(19-7-5-4-6-8-19)28-17-21(27)16-25-11-13-26(14-12-25)22-15-20(24)10-9-18(22)2/h4-10,15,21,23,27H,3,11-14,16-17H2,1-2H3/t21-,23-/m0/s1. The van der Waals surface area contributed by atoms with E-state index in [0.717, 1.165) is 37.6 Å². The number of halogens is 1. The first-order chi connectivity index (χ1) is 13.6. The van der Waals surface area contributed by atoms with Crippen molar-refractivity contribution in [2.45, 2.75) is 32.5 Å². The summed E-state index contributed by atoms with van der Waals surface area (Å²) in [6.07, 6.45) is 0.463. The molecule has 2 aromatic carbocycles. The Hall–Kier alpha value is -1.59. The Balaban J connectivity index is 1.44. The van der Waals surface area contributed by atoms with E-state index < -0.39 is 6.10 Å².